The molecule has 2 heterocycles. The van der Waals surface area contributed by atoms with E-state index in [-0.39, 0.29) is 18.9 Å². The molecule has 114 valence electrons. The highest BCUT2D eigenvalue weighted by Gasteiger charge is 2.50. The summed E-state index contributed by atoms with van der Waals surface area (Å²) >= 11 is 0. The Morgan fingerprint density at radius 1 is 1.52 bits per heavy atom. The average molecular weight is 295 g/mol. The zero-order valence-corrected chi connectivity index (χ0v) is 12.3. The van der Waals surface area contributed by atoms with Gasteiger partial charge in [-0.05, 0) is 17.8 Å². The van der Waals surface area contributed by atoms with Gasteiger partial charge in [-0.25, -0.2) is 9.37 Å². The average Bonchev–Trinajstić information content (AvgIpc) is 2.82. The number of carboxylic acids is 1. The van der Waals surface area contributed by atoms with Gasteiger partial charge >= 0.3 is 12.0 Å². The first-order chi connectivity index (χ1) is 9.88. The third-order valence-corrected chi connectivity index (χ3v) is 3.93. The highest BCUT2D eigenvalue weighted by atomic mass is 16.4. The Balaban J connectivity index is 2.14. The van der Waals surface area contributed by atoms with Crippen molar-refractivity contribution >= 4 is 30.1 Å². The molecule has 0 aromatic rings. The minimum atomic E-state index is -0.906. The van der Waals surface area contributed by atoms with Gasteiger partial charge in [0.15, 0.2) is 0 Å². The minimum absolute atomic E-state index is 0.102. The number of amides is 3. The van der Waals surface area contributed by atoms with E-state index in [0.717, 1.165) is 4.90 Å². The van der Waals surface area contributed by atoms with Crippen LogP contribution in [0.5, 0.6) is 0 Å². The van der Waals surface area contributed by atoms with Crippen LogP contribution in [0.2, 0.25) is 0 Å². The lowest BCUT2D eigenvalue weighted by Crippen LogP contribution is -2.62. The summed E-state index contributed by atoms with van der Waals surface area (Å²) in [5, 5.41) is 9.05. The number of hydrogen-bond acceptors (Lipinski definition) is 4. The maximum absolute atomic E-state index is 12.4. The molecule has 0 aromatic heterocycles. The number of rotatable bonds is 5. The number of amidine groups is 1. The Morgan fingerprint density at radius 3 is 2.76 bits per heavy atom. The maximum atomic E-state index is 12.4. The zero-order valence-electron chi connectivity index (χ0n) is 12.3. The number of aliphatic imine (C=N–C) groups is 1. The number of fused-ring (bicyclic) bond motifs is 1. The zero-order chi connectivity index (χ0) is 15.7. The molecule has 3 amide bonds. The van der Waals surface area contributed by atoms with Crippen LogP contribution in [0.15, 0.2) is 4.99 Å². The number of aliphatic carboxylic acids is 1. The van der Waals surface area contributed by atoms with Gasteiger partial charge in [0.25, 0.3) is 24.1 Å². The topological polar surface area (TPSA) is 93.3 Å². The Hall–Kier alpha value is -2.25. The van der Waals surface area contributed by atoms with Crippen LogP contribution in [0.1, 0.15) is 19.8 Å². The van der Waals surface area contributed by atoms with E-state index in [1.807, 2.05) is 0 Å². The number of imide groups is 1. The number of carbonyl (C=O) groups excluding carboxylic acids is 2. The van der Waals surface area contributed by atoms with Gasteiger partial charge in [-0.15, -0.1) is 0 Å². The number of likely N-dealkylation sites (N-methyl/N-ethyl adjacent to an activating group) is 2. The number of nitrogens with zero attached hydrogens (tertiary/aromatic N) is 4. The number of carboxylic acid groups (broad SMARTS) is 1. The van der Waals surface area contributed by atoms with E-state index in [4.69, 9.17) is 5.11 Å². The van der Waals surface area contributed by atoms with Crippen LogP contribution in [0, 0.1) is 5.92 Å². The van der Waals surface area contributed by atoms with Gasteiger partial charge in [0.1, 0.15) is 0 Å². The van der Waals surface area contributed by atoms with Crippen molar-refractivity contribution in [3.05, 3.63) is 0 Å². The highest BCUT2D eigenvalue weighted by Crippen LogP contribution is 2.19. The monoisotopic (exact) mass is 295 g/mol. The molecule has 21 heavy (non-hydrogen) atoms. The van der Waals surface area contributed by atoms with E-state index < -0.39 is 24.0 Å². The summed E-state index contributed by atoms with van der Waals surface area (Å²) in [6.45, 7) is 1.87. The smallest absolute Gasteiger partial charge is 0.333 e. The van der Waals surface area contributed by atoms with Gasteiger partial charge in [0.05, 0.1) is 13.0 Å². The molecular formula is C13H19N4O4+. The first-order valence-corrected chi connectivity index (χ1v) is 6.83. The van der Waals surface area contributed by atoms with Crippen LogP contribution in [-0.2, 0) is 9.59 Å². The Morgan fingerprint density at radius 2 is 2.19 bits per heavy atom. The molecule has 0 bridgehead atoms. The van der Waals surface area contributed by atoms with Crippen LogP contribution in [0.3, 0.4) is 0 Å². The van der Waals surface area contributed by atoms with E-state index in [1.165, 1.54) is 11.2 Å². The lowest BCUT2D eigenvalue weighted by Gasteiger charge is -2.33. The van der Waals surface area contributed by atoms with Gasteiger partial charge in [0.2, 0.25) is 0 Å². The predicted octanol–water partition coefficient (Wildman–Crippen LogP) is -0.167. The Kier molecular flexibility index (Phi) is 4.06. The predicted molar refractivity (Wildman–Crippen MR) is 74.4 cm³/mol. The van der Waals surface area contributed by atoms with Crippen LogP contribution < -0.4 is 0 Å². The summed E-state index contributed by atoms with van der Waals surface area (Å²) in [6.07, 6.45) is 2.23. The second-order valence-electron chi connectivity index (χ2n) is 5.23. The first kappa shape index (κ1) is 15.1. The Labute approximate surface area is 122 Å². The van der Waals surface area contributed by atoms with E-state index in [2.05, 4.69) is 4.99 Å². The molecule has 0 spiro atoms. The molecule has 0 aromatic carbocycles. The third kappa shape index (κ3) is 2.53. The molecular weight excluding hydrogens is 276 g/mol. The molecule has 2 atom stereocenters. The van der Waals surface area contributed by atoms with Gasteiger partial charge in [0, 0.05) is 13.6 Å². The summed E-state index contributed by atoms with van der Waals surface area (Å²) in [5.41, 5.74) is 0. The van der Waals surface area contributed by atoms with Gasteiger partial charge in [-0.2, -0.15) is 0 Å². The first-order valence-electron chi connectivity index (χ1n) is 6.83. The fourth-order valence-corrected chi connectivity index (χ4v) is 2.54. The van der Waals surface area contributed by atoms with Gasteiger partial charge in [-0.1, -0.05) is 6.92 Å². The van der Waals surface area contributed by atoms with Crippen LogP contribution in [0.25, 0.3) is 0 Å². The van der Waals surface area contributed by atoms with Gasteiger partial charge in [-0.3, -0.25) is 19.4 Å². The third-order valence-electron chi connectivity index (χ3n) is 3.93. The SMILES string of the molecule is CCC(CCN1C(=O)C2C(=NC=[N+]2C)N(C)C1=O)C(=O)O. The van der Waals surface area contributed by atoms with E-state index in [9.17, 15) is 14.4 Å². The molecule has 0 aliphatic carbocycles. The quantitative estimate of drug-likeness (QED) is 0.713. The van der Waals surface area contributed by atoms with Crippen molar-refractivity contribution < 1.29 is 24.1 Å². The second-order valence-corrected chi connectivity index (χ2v) is 5.23. The van der Waals surface area contributed by atoms with Crippen molar-refractivity contribution in [2.45, 2.75) is 25.8 Å². The van der Waals surface area contributed by atoms with E-state index in [0.29, 0.717) is 12.3 Å². The van der Waals surface area contributed by atoms with Crippen molar-refractivity contribution in [3.8, 4) is 0 Å². The largest absolute Gasteiger partial charge is 0.481 e. The molecule has 8 heteroatoms. The fraction of sp³-hybridized carbons (Fsp3) is 0.615. The number of hydrogen-bond donors (Lipinski definition) is 1. The standard InChI is InChI=1S/C13H18N4O4/c1-4-8(12(19)20)5-6-17-11(18)9-10(14-7-15(9)2)16(3)13(17)21/h7-9H,4-6H2,1-3H3/p+1. The summed E-state index contributed by atoms with van der Waals surface area (Å²) < 4.78 is 1.64. The molecule has 0 radical (unpaired) electrons. The Bertz CT molecular complexity index is 554. The van der Waals surface area contributed by atoms with Crippen molar-refractivity contribution in [1.82, 2.24) is 9.80 Å². The van der Waals surface area contributed by atoms with Crippen LogP contribution in [0.4, 0.5) is 4.79 Å². The molecule has 2 rings (SSSR count). The highest BCUT2D eigenvalue weighted by molar-refractivity contribution is 6.21. The fourth-order valence-electron chi connectivity index (χ4n) is 2.54. The number of carbonyl (C=O) groups is 3. The minimum Gasteiger partial charge on any atom is -0.481 e. The summed E-state index contributed by atoms with van der Waals surface area (Å²) in [4.78, 5) is 42.2. The van der Waals surface area contributed by atoms with Crippen molar-refractivity contribution in [2.75, 3.05) is 20.6 Å². The van der Waals surface area contributed by atoms with Crippen molar-refractivity contribution in [2.24, 2.45) is 10.9 Å². The lowest BCUT2D eigenvalue weighted by atomic mass is 10.0. The lowest BCUT2D eigenvalue weighted by molar-refractivity contribution is -0.500. The second kappa shape index (κ2) is 5.63. The summed E-state index contributed by atoms with van der Waals surface area (Å²) in [7, 11) is 3.28. The van der Waals surface area contributed by atoms with E-state index in [1.54, 1.807) is 25.6 Å². The van der Waals surface area contributed by atoms with Crippen LogP contribution in [-0.4, -0.2) is 76.2 Å². The van der Waals surface area contributed by atoms with Crippen molar-refractivity contribution in [3.63, 3.8) is 0 Å². The molecule has 1 fully saturated rings. The number of urea groups is 1. The molecule has 2 unspecified atom stereocenters. The molecule has 2 aliphatic heterocycles. The summed E-state index contributed by atoms with van der Waals surface area (Å²) in [6, 6.07) is -1.06. The maximum Gasteiger partial charge on any atom is 0.333 e. The molecule has 2 aliphatic rings. The normalized spacial score (nSPS) is 22.9. The van der Waals surface area contributed by atoms with Crippen LogP contribution >= 0.6 is 0 Å². The molecule has 8 nitrogen and oxygen atoms in total. The van der Waals surface area contributed by atoms with Gasteiger partial charge < -0.3 is 5.11 Å². The van der Waals surface area contributed by atoms with Crippen molar-refractivity contribution in [1.29, 1.82) is 0 Å². The molecule has 0 saturated carbocycles. The summed E-state index contributed by atoms with van der Waals surface area (Å²) in [5.74, 6) is -1.41. The molecule has 1 saturated heterocycles. The molecule has 1 N–H and O–H groups in total. The van der Waals surface area contributed by atoms with E-state index >= 15 is 0 Å².